The molecule has 1 N–H and O–H groups in total. The van der Waals surface area contributed by atoms with Crippen molar-refractivity contribution in [1.29, 1.82) is 0 Å². The monoisotopic (exact) mass is 430 g/mol. The van der Waals surface area contributed by atoms with Crippen LogP contribution in [0, 0.1) is 6.92 Å². The number of thioether (sulfide) groups is 1. The zero-order chi connectivity index (χ0) is 21.8. The molecule has 3 aromatic carbocycles. The Morgan fingerprint density at radius 1 is 1.03 bits per heavy atom. The quantitative estimate of drug-likeness (QED) is 0.523. The molecular weight excluding hydrogens is 404 g/mol. The van der Waals surface area contributed by atoms with Crippen molar-refractivity contribution in [2.45, 2.75) is 32.1 Å². The van der Waals surface area contributed by atoms with E-state index in [4.69, 9.17) is 0 Å². The molecule has 1 aliphatic rings. The summed E-state index contributed by atoms with van der Waals surface area (Å²) in [5.41, 5.74) is 5.74. The van der Waals surface area contributed by atoms with E-state index in [0.717, 1.165) is 35.3 Å². The number of nitrogens with zero attached hydrogens (tertiary/aromatic N) is 1. The lowest BCUT2D eigenvalue weighted by atomic mass is 10.1. The Bertz CT molecular complexity index is 1080. The van der Waals surface area contributed by atoms with Gasteiger partial charge < -0.3 is 5.32 Å². The summed E-state index contributed by atoms with van der Waals surface area (Å²) in [6.45, 7) is 4.15. The lowest BCUT2D eigenvalue weighted by Crippen LogP contribution is -2.28. The molecule has 0 saturated carbocycles. The van der Waals surface area contributed by atoms with Gasteiger partial charge in [0.1, 0.15) is 5.37 Å². The minimum atomic E-state index is -0.131. The summed E-state index contributed by atoms with van der Waals surface area (Å²) in [7, 11) is 0. The largest absolute Gasteiger partial charge is 0.322 e. The average Bonchev–Trinajstić information content (AvgIpc) is 3.16. The van der Waals surface area contributed by atoms with Gasteiger partial charge in [0, 0.05) is 16.9 Å². The Morgan fingerprint density at radius 2 is 1.74 bits per heavy atom. The normalized spacial score (nSPS) is 15.9. The molecule has 0 radical (unpaired) electrons. The first-order valence-corrected chi connectivity index (χ1v) is 11.6. The maximum atomic E-state index is 12.8. The summed E-state index contributed by atoms with van der Waals surface area (Å²) in [4.78, 5) is 27.2. The lowest BCUT2D eigenvalue weighted by Gasteiger charge is -2.26. The molecule has 0 aromatic heterocycles. The minimum Gasteiger partial charge on any atom is -0.322 e. The smallest absolute Gasteiger partial charge is 0.255 e. The van der Waals surface area contributed by atoms with E-state index in [1.165, 1.54) is 5.56 Å². The van der Waals surface area contributed by atoms with E-state index >= 15 is 0 Å². The fraction of sp³-hybridized carbons (Fsp3) is 0.231. The van der Waals surface area contributed by atoms with Crippen LogP contribution < -0.4 is 10.2 Å². The molecular formula is C26H26N2O2S. The Kier molecular flexibility index (Phi) is 6.42. The van der Waals surface area contributed by atoms with Crippen LogP contribution in [0.5, 0.6) is 0 Å². The van der Waals surface area contributed by atoms with Crippen LogP contribution in [0.4, 0.5) is 11.4 Å². The van der Waals surface area contributed by atoms with Crippen molar-refractivity contribution in [3.05, 3.63) is 95.1 Å². The maximum absolute atomic E-state index is 12.8. The summed E-state index contributed by atoms with van der Waals surface area (Å²) >= 11 is 1.64. The molecule has 0 unspecified atom stereocenters. The number of carbonyl (C=O) groups is 2. The van der Waals surface area contributed by atoms with Crippen LogP contribution >= 0.6 is 11.8 Å². The molecule has 4 rings (SSSR count). The number of benzene rings is 3. The predicted octanol–water partition coefficient (Wildman–Crippen LogP) is 5.98. The Hall–Kier alpha value is -3.05. The van der Waals surface area contributed by atoms with Gasteiger partial charge in [-0.15, -0.1) is 11.8 Å². The number of amides is 2. The lowest BCUT2D eigenvalue weighted by molar-refractivity contribution is -0.115. The van der Waals surface area contributed by atoms with Crippen molar-refractivity contribution in [2.75, 3.05) is 16.0 Å². The number of nitrogens with one attached hydrogen (secondary N) is 1. The van der Waals surface area contributed by atoms with Gasteiger partial charge in [-0.3, -0.25) is 14.5 Å². The van der Waals surface area contributed by atoms with Crippen LogP contribution in [0.3, 0.4) is 0 Å². The van der Waals surface area contributed by atoms with Crippen LogP contribution in [0.15, 0.2) is 72.8 Å². The number of para-hydroxylation sites is 1. The fourth-order valence-electron chi connectivity index (χ4n) is 3.80. The number of hydrogen-bond donors (Lipinski definition) is 1. The third-order valence-electron chi connectivity index (χ3n) is 5.41. The molecule has 1 saturated heterocycles. The van der Waals surface area contributed by atoms with Gasteiger partial charge in [-0.2, -0.15) is 0 Å². The van der Waals surface area contributed by atoms with E-state index in [-0.39, 0.29) is 17.2 Å². The SMILES string of the molecule is CCCc1ccccc1N1C(=O)CS[C@@H]1c1ccc(NC(=O)c2ccc(C)cc2)cc1. The Labute approximate surface area is 187 Å². The van der Waals surface area contributed by atoms with Gasteiger partial charge in [0.15, 0.2) is 0 Å². The van der Waals surface area contributed by atoms with Crippen LogP contribution in [0.25, 0.3) is 0 Å². The van der Waals surface area contributed by atoms with Gasteiger partial charge in [0.05, 0.1) is 5.75 Å². The van der Waals surface area contributed by atoms with Crippen molar-refractivity contribution in [1.82, 2.24) is 0 Å². The molecule has 1 aliphatic heterocycles. The van der Waals surface area contributed by atoms with E-state index < -0.39 is 0 Å². The van der Waals surface area contributed by atoms with E-state index in [9.17, 15) is 9.59 Å². The van der Waals surface area contributed by atoms with E-state index in [1.807, 2.05) is 78.6 Å². The van der Waals surface area contributed by atoms with Gasteiger partial charge in [-0.05, 0) is 54.8 Å². The molecule has 0 bridgehead atoms. The fourth-order valence-corrected chi connectivity index (χ4v) is 4.97. The van der Waals surface area contributed by atoms with Crippen LogP contribution in [-0.4, -0.2) is 17.6 Å². The Balaban J connectivity index is 1.53. The standard InChI is InChI=1S/C26H26N2O2S/c1-3-6-19-7-4-5-8-23(19)28-24(29)17-31-26(28)21-13-15-22(16-14-21)27-25(30)20-11-9-18(2)10-12-20/h4-5,7-16,26H,3,6,17H2,1-2H3,(H,27,30)/t26-/m1/s1. The number of aryl methyl sites for hydroxylation is 2. The molecule has 1 fully saturated rings. The van der Waals surface area contributed by atoms with Gasteiger partial charge in [0.25, 0.3) is 5.91 Å². The van der Waals surface area contributed by atoms with Crippen LogP contribution in [0.1, 0.15) is 45.8 Å². The van der Waals surface area contributed by atoms with Gasteiger partial charge in [-0.25, -0.2) is 0 Å². The Morgan fingerprint density at radius 3 is 2.45 bits per heavy atom. The van der Waals surface area contributed by atoms with Crippen molar-refractivity contribution in [3.8, 4) is 0 Å². The molecule has 158 valence electrons. The molecule has 4 nitrogen and oxygen atoms in total. The first kappa shape index (κ1) is 21.2. The first-order valence-electron chi connectivity index (χ1n) is 10.6. The third-order valence-corrected chi connectivity index (χ3v) is 6.62. The van der Waals surface area contributed by atoms with Crippen LogP contribution in [-0.2, 0) is 11.2 Å². The highest BCUT2D eigenvalue weighted by atomic mass is 32.2. The second-order valence-corrected chi connectivity index (χ2v) is 8.82. The zero-order valence-electron chi connectivity index (χ0n) is 17.8. The van der Waals surface area contributed by atoms with E-state index in [1.54, 1.807) is 11.8 Å². The highest BCUT2D eigenvalue weighted by molar-refractivity contribution is 8.00. The molecule has 0 spiro atoms. The van der Waals surface area contributed by atoms with Crippen molar-refractivity contribution in [3.63, 3.8) is 0 Å². The molecule has 3 aromatic rings. The van der Waals surface area contributed by atoms with Gasteiger partial charge >= 0.3 is 0 Å². The molecule has 2 amide bonds. The molecule has 1 atom stereocenters. The minimum absolute atomic E-state index is 0.0626. The molecule has 5 heteroatoms. The number of carbonyl (C=O) groups excluding carboxylic acids is 2. The van der Waals surface area contributed by atoms with Gasteiger partial charge in [0.2, 0.25) is 5.91 Å². The molecule has 0 aliphatic carbocycles. The predicted molar refractivity (Wildman–Crippen MR) is 129 cm³/mol. The van der Waals surface area contributed by atoms with E-state index in [0.29, 0.717) is 11.3 Å². The molecule has 31 heavy (non-hydrogen) atoms. The third kappa shape index (κ3) is 4.67. The number of anilines is 2. The highest BCUT2D eigenvalue weighted by Crippen LogP contribution is 2.43. The summed E-state index contributed by atoms with van der Waals surface area (Å²) in [5, 5.41) is 2.88. The highest BCUT2D eigenvalue weighted by Gasteiger charge is 2.34. The van der Waals surface area contributed by atoms with Crippen molar-refractivity contribution < 1.29 is 9.59 Å². The molecule has 1 heterocycles. The topological polar surface area (TPSA) is 49.4 Å². The number of rotatable bonds is 6. The first-order chi connectivity index (χ1) is 15.1. The van der Waals surface area contributed by atoms with Crippen molar-refractivity contribution in [2.24, 2.45) is 0 Å². The maximum Gasteiger partial charge on any atom is 0.255 e. The summed E-state index contributed by atoms with van der Waals surface area (Å²) in [5.74, 6) is 0.473. The average molecular weight is 431 g/mol. The summed E-state index contributed by atoms with van der Waals surface area (Å²) < 4.78 is 0. The van der Waals surface area contributed by atoms with Crippen LogP contribution in [0.2, 0.25) is 0 Å². The summed E-state index contributed by atoms with van der Waals surface area (Å²) in [6, 6.07) is 23.5. The zero-order valence-corrected chi connectivity index (χ0v) is 18.6. The van der Waals surface area contributed by atoms with E-state index in [2.05, 4.69) is 18.3 Å². The van der Waals surface area contributed by atoms with Gasteiger partial charge in [-0.1, -0.05) is 61.4 Å². The summed E-state index contributed by atoms with van der Waals surface area (Å²) in [6.07, 6.45) is 1.98. The van der Waals surface area contributed by atoms with Crippen molar-refractivity contribution >= 4 is 35.0 Å². The second-order valence-electron chi connectivity index (χ2n) is 7.75. The second kappa shape index (κ2) is 9.40. The number of hydrogen-bond acceptors (Lipinski definition) is 3.